The number of ketones is 2. The summed E-state index contributed by atoms with van der Waals surface area (Å²) in [7, 11) is 0. The molecule has 0 bridgehead atoms. The molecule has 0 N–H and O–H groups in total. The Hall–Kier alpha value is -1.32. The van der Waals surface area contributed by atoms with Gasteiger partial charge in [0.1, 0.15) is 0 Å². The lowest BCUT2D eigenvalue weighted by Crippen LogP contribution is -2.17. The lowest BCUT2D eigenvalue weighted by atomic mass is 9.97. The van der Waals surface area contributed by atoms with Crippen molar-refractivity contribution in [3.63, 3.8) is 0 Å². The summed E-state index contributed by atoms with van der Waals surface area (Å²) in [6.07, 6.45) is 0. The molecule has 2 nitrogen and oxygen atoms in total. The van der Waals surface area contributed by atoms with Crippen LogP contribution < -0.4 is 0 Å². The molecule has 4 heteroatoms. The van der Waals surface area contributed by atoms with Gasteiger partial charge < -0.3 is 0 Å². The zero-order chi connectivity index (χ0) is 9.46. The van der Waals surface area contributed by atoms with E-state index in [1.807, 2.05) is 0 Å². The molecule has 1 aliphatic rings. The molecule has 0 aromatic heterocycles. The van der Waals surface area contributed by atoms with Gasteiger partial charge in [-0.15, -0.1) is 0 Å². The van der Waals surface area contributed by atoms with Gasteiger partial charge >= 0.3 is 0 Å². The van der Waals surface area contributed by atoms with Gasteiger partial charge in [-0.25, -0.2) is 8.78 Å². The molecule has 0 heterocycles. The van der Waals surface area contributed by atoms with E-state index in [9.17, 15) is 18.4 Å². The van der Waals surface area contributed by atoms with E-state index < -0.39 is 34.4 Å². The molecule has 0 spiro atoms. The van der Waals surface area contributed by atoms with Gasteiger partial charge in [-0.1, -0.05) is 0 Å². The maximum absolute atomic E-state index is 12.8. The predicted molar refractivity (Wildman–Crippen MR) is 37.6 cm³/mol. The first kappa shape index (κ1) is 8.77. The van der Waals surface area contributed by atoms with Crippen LogP contribution in [0.15, 0.2) is 22.8 Å². The third-order valence-electron chi connectivity index (χ3n) is 1.74. The van der Waals surface area contributed by atoms with Crippen molar-refractivity contribution >= 4 is 11.6 Å². The van der Waals surface area contributed by atoms with Crippen molar-refractivity contribution in [3.8, 4) is 0 Å². The fraction of sp³-hybridized carbons (Fsp3) is 0.250. The smallest absolute Gasteiger partial charge is 0.220 e. The average Bonchev–Trinajstić information content (AvgIpc) is 2.08. The number of hydrogen-bond acceptors (Lipinski definition) is 2. The van der Waals surface area contributed by atoms with Crippen molar-refractivity contribution in [2.45, 2.75) is 13.8 Å². The summed E-state index contributed by atoms with van der Waals surface area (Å²) in [5.74, 6) is -4.38. The first-order valence-electron chi connectivity index (χ1n) is 3.29. The number of hydrogen-bond donors (Lipinski definition) is 0. The molecule has 0 aromatic rings. The molecule has 0 saturated heterocycles. The van der Waals surface area contributed by atoms with Gasteiger partial charge in [-0.3, -0.25) is 9.59 Å². The maximum atomic E-state index is 12.8. The van der Waals surface area contributed by atoms with Crippen molar-refractivity contribution in [2.24, 2.45) is 0 Å². The molecule has 0 radical (unpaired) electrons. The molecule has 1 aliphatic carbocycles. The maximum Gasteiger partial charge on any atom is 0.220 e. The van der Waals surface area contributed by atoms with E-state index in [1.54, 1.807) is 0 Å². The first-order chi connectivity index (χ1) is 5.46. The molecule has 1 rings (SSSR count). The molecule has 0 unspecified atom stereocenters. The number of halogens is 2. The topological polar surface area (TPSA) is 34.1 Å². The molecule has 0 aromatic carbocycles. The Morgan fingerprint density at radius 2 is 1.08 bits per heavy atom. The molecule has 0 saturated carbocycles. The van der Waals surface area contributed by atoms with Gasteiger partial charge in [0.15, 0.2) is 11.7 Å². The number of carbonyl (C=O) groups is 2. The van der Waals surface area contributed by atoms with Gasteiger partial charge in [0.2, 0.25) is 11.6 Å². The van der Waals surface area contributed by atoms with E-state index in [0.717, 1.165) is 13.8 Å². The van der Waals surface area contributed by atoms with Crippen LogP contribution in [0, 0.1) is 0 Å². The second-order valence-electron chi connectivity index (χ2n) is 2.54. The van der Waals surface area contributed by atoms with Crippen LogP contribution in [0.4, 0.5) is 8.78 Å². The molecule has 64 valence electrons. The number of rotatable bonds is 0. The van der Waals surface area contributed by atoms with Crippen LogP contribution in [0.2, 0.25) is 0 Å². The Bertz CT molecular complexity index is 275. The van der Waals surface area contributed by atoms with Crippen molar-refractivity contribution in [1.29, 1.82) is 0 Å². The Labute approximate surface area is 67.6 Å². The third-order valence-corrected chi connectivity index (χ3v) is 1.74. The lowest BCUT2D eigenvalue weighted by molar-refractivity contribution is -0.118. The quantitative estimate of drug-likeness (QED) is 0.520. The summed E-state index contributed by atoms with van der Waals surface area (Å²) in [5, 5.41) is 0. The van der Waals surface area contributed by atoms with Crippen LogP contribution in [0.1, 0.15) is 13.8 Å². The highest BCUT2D eigenvalue weighted by Gasteiger charge is 2.30. The fourth-order valence-electron chi connectivity index (χ4n) is 0.869. The minimum absolute atomic E-state index is 0.455. The number of allylic oxidation sites excluding steroid dienone is 4. The van der Waals surface area contributed by atoms with E-state index in [2.05, 4.69) is 0 Å². The third kappa shape index (κ3) is 0.995. The van der Waals surface area contributed by atoms with Crippen LogP contribution in [0.5, 0.6) is 0 Å². The van der Waals surface area contributed by atoms with E-state index in [0.29, 0.717) is 0 Å². The normalized spacial score (nSPS) is 19.3. The van der Waals surface area contributed by atoms with E-state index in [-0.39, 0.29) is 0 Å². The zero-order valence-corrected chi connectivity index (χ0v) is 6.57. The van der Waals surface area contributed by atoms with E-state index in [1.165, 1.54) is 0 Å². The van der Waals surface area contributed by atoms with Crippen molar-refractivity contribution in [2.75, 3.05) is 0 Å². The van der Waals surface area contributed by atoms with E-state index in [4.69, 9.17) is 0 Å². The van der Waals surface area contributed by atoms with Gasteiger partial charge in [0.05, 0.1) is 0 Å². The molecule has 0 atom stereocenters. The zero-order valence-electron chi connectivity index (χ0n) is 6.57. The molecule has 0 fully saturated rings. The van der Waals surface area contributed by atoms with Gasteiger partial charge in [0, 0.05) is 11.1 Å². The Kier molecular flexibility index (Phi) is 1.92. The highest BCUT2D eigenvalue weighted by molar-refractivity contribution is 6.22. The highest BCUT2D eigenvalue weighted by atomic mass is 19.1. The van der Waals surface area contributed by atoms with Crippen LogP contribution >= 0.6 is 0 Å². The second kappa shape index (κ2) is 2.62. The van der Waals surface area contributed by atoms with Gasteiger partial charge in [0.25, 0.3) is 0 Å². The monoisotopic (exact) mass is 172 g/mol. The summed E-state index contributed by atoms with van der Waals surface area (Å²) < 4.78 is 25.5. The minimum Gasteiger partial charge on any atom is -0.286 e. The summed E-state index contributed by atoms with van der Waals surface area (Å²) >= 11 is 0. The first-order valence-corrected chi connectivity index (χ1v) is 3.29. The SMILES string of the molecule is CC1=C(F)C(=O)C(C)=C(F)C1=O. The van der Waals surface area contributed by atoms with Crippen molar-refractivity contribution < 1.29 is 18.4 Å². The standard InChI is InChI=1S/C8H6F2O2/c1-3-5(9)8(12)4(2)6(10)7(3)11/h1-2H3. The predicted octanol–water partition coefficient (Wildman–Crippen LogP) is 1.63. The van der Waals surface area contributed by atoms with Crippen LogP contribution in [-0.4, -0.2) is 11.6 Å². The van der Waals surface area contributed by atoms with Crippen LogP contribution in [0.25, 0.3) is 0 Å². The fourth-order valence-corrected chi connectivity index (χ4v) is 0.869. The summed E-state index contributed by atoms with van der Waals surface area (Å²) in [6, 6.07) is 0. The molecular formula is C8H6F2O2. The summed E-state index contributed by atoms with van der Waals surface area (Å²) in [5.41, 5.74) is -0.911. The average molecular weight is 172 g/mol. The molecule has 12 heavy (non-hydrogen) atoms. The Balaban J connectivity index is 3.32. The minimum atomic E-state index is -1.15. The Morgan fingerprint density at radius 1 is 0.833 bits per heavy atom. The lowest BCUT2D eigenvalue weighted by Gasteiger charge is -2.09. The molecular weight excluding hydrogens is 166 g/mol. The Morgan fingerprint density at radius 3 is 1.33 bits per heavy atom. The van der Waals surface area contributed by atoms with Gasteiger partial charge in [-0.2, -0.15) is 0 Å². The molecule has 0 aliphatic heterocycles. The summed E-state index contributed by atoms with van der Waals surface area (Å²) in [4.78, 5) is 21.6. The number of carbonyl (C=O) groups excluding carboxylic acids is 2. The van der Waals surface area contributed by atoms with Crippen LogP contribution in [0.3, 0.4) is 0 Å². The van der Waals surface area contributed by atoms with E-state index >= 15 is 0 Å². The molecule has 0 amide bonds. The summed E-state index contributed by atoms with van der Waals surface area (Å²) in [6.45, 7) is 2.17. The number of Topliss-reactive ketones (excluding diaryl/α,β-unsaturated/α-hetero) is 2. The second-order valence-corrected chi connectivity index (χ2v) is 2.54. The van der Waals surface area contributed by atoms with Crippen LogP contribution in [-0.2, 0) is 9.59 Å². The largest absolute Gasteiger partial charge is 0.286 e. The van der Waals surface area contributed by atoms with Crippen molar-refractivity contribution in [3.05, 3.63) is 22.8 Å². The van der Waals surface area contributed by atoms with Crippen molar-refractivity contribution in [1.82, 2.24) is 0 Å². The highest BCUT2D eigenvalue weighted by Crippen LogP contribution is 2.25. The van der Waals surface area contributed by atoms with Gasteiger partial charge in [-0.05, 0) is 13.8 Å².